The van der Waals surface area contributed by atoms with Crippen LogP contribution < -0.4 is 20.7 Å². The van der Waals surface area contributed by atoms with Crippen molar-refractivity contribution in [2.24, 2.45) is 5.73 Å². The zero-order valence-corrected chi connectivity index (χ0v) is 19.7. The van der Waals surface area contributed by atoms with Crippen LogP contribution in [0, 0.1) is 0 Å². The Morgan fingerprint density at radius 3 is 2.56 bits per heavy atom. The molecule has 0 spiro atoms. The molecule has 8 heteroatoms. The van der Waals surface area contributed by atoms with Gasteiger partial charge in [-0.2, -0.15) is 19.6 Å². The van der Waals surface area contributed by atoms with E-state index in [1.165, 1.54) is 0 Å². The van der Waals surface area contributed by atoms with Crippen LogP contribution in [0.2, 0.25) is 0 Å². The molecule has 2 aromatic heterocycles. The summed E-state index contributed by atoms with van der Waals surface area (Å²) in [6.45, 7) is 6.62. The average Bonchev–Trinajstić information content (AvgIpc) is 3.28. The number of benzene rings is 2. The predicted octanol–water partition coefficient (Wildman–Crippen LogP) is 4.58. The van der Waals surface area contributed by atoms with Crippen molar-refractivity contribution in [1.29, 1.82) is 0 Å². The smallest absolute Gasteiger partial charge is 0.230 e. The van der Waals surface area contributed by atoms with Crippen molar-refractivity contribution in [1.82, 2.24) is 19.6 Å². The minimum Gasteiger partial charge on any atom is -0.457 e. The molecule has 4 aromatic rings. The first-order chi connectivity index (χ1) is 16.6. The van der Waals surface area contributed by atoms with Gasteiger partial charge in [0.25, 0.3) is 0 Å². The molecule has 176 valence electrons. The van der Waals surface area contributed by atoms with Crippen molar-refractivity contribution < 1.29 is 4.74 Å². The van der Waals surface area contributed by atoms with Gasteiger partial charge in [0.15, 0.2) is 5.65 Å². The zero-order valence-electron chi connectivity index (χ0n) is 19.7. The normalized spacial score (nSPS) is 14.6. The lowest BCUT2D eigenvalue weighted by Crippen LogP contribution is -2.40. The van der Waals surface area contributed by atoms with E-state index in [0.717, 1.165) is 60.2 Å². The highest BCUT2D eigenvalue weighted by atomic mass is 16.5. The van der Waals surface area contributed by atoms with Crippen molar-refractivity contribution in [3.63, 3.8) is 0 Å². The number of piperidine rings is 1. The summed E-state index contributed by atoms with van der Waals surface area (Å²) in [4.78, 5) is 12.0. The van der Waals surface area contributed by atoms with Gasteiger partial charge in [0.1, 0.15) is 11.5 Å². The van der Waals surface area contributed by atoms with Gasteiger partial charge in [-0.3, -0.25) is 0 Å². The summed E-state index contributed by atoms with van der Waals surface area (Å²) in [6, 6.07) is 18.1. The van der Waals surface area contributed by atoms with E-state index < -0.39 is 0 Å². The summed E-state index contributed by atoms with van der Waals surface area (Å²) in [7, 11) is 0. The number of hydrogen-bond donors (Lipinski definition) is 2. The van der Waals surface area contributed by atoms with Gasteiger partial charge in [-0.1, -0.05) is 44.2 Å². The number of nitrogens with two attached hydrogens (primary N) is 1. The molecule has 0 saturated carbocycles. The SMILES string of the molecule is CC(C)c1cnn2c(NCc3cccc(Oc4ccccc4)c3)nc(N3CCC(N)CC3)nc12. The summed E-state index contributed by atoms with van der Waals surface area (Å²) in [5.74, 6) is 3.33. The first kappa shape index (κ1) is 22.2. The first-order valence-corrected chi connectivity index (χ1v) is 11.9. The van der Waals surface area contributed by atoms with Crippen LogP contribution >= 0.6 is 0 Å². The van der Waals surface area contributed by atoms with Gasteiger partial charge in [-0.25, -0.2) is 0 Å². The first-order valence-electron chi connectivity index (χ1n) is 11.9. The summed E-state index contributed by atoms with van der Waals surface area (Å²) in [5, 5.41) is 8.07. The van der Waals surface area contributed by atoms with Crippen molar-refractivity contribution in [3.05, 3.63) is 71.9 Å². The maximum absolute atomic E-state index is 6.11. The van der Waals surface area contributed by atoms with E-state index in [1.54, 1.807) is 4.52 Å². The zero-order chi connectivity index (χ0) is 23.5. The van der Waals surface area contributed by atoms with Crippen LogP contribution in [0.25, 0.3) is 5.65 Å². The molecule has 1 aliphatic rings. The number of aromatic nitrogens is 4. The van der Waals surface area contributed by atoms with Crippen LogP contribution in [0.3, 0.4) is 0 Å². The van der Waals surface area contributed by atoms with Gasteiger partial charge in [0.2, 0.25) is 11.9 Å². The fraction of sp³-hybridized carbons (Fsp3) is 0.346. The second kappa shape index (κ2) is 9.69. The fourth-order valence-corrected chi connectivity index (χ4v) is 4.17. The highest BCUT2D eigenvalue weighted by molar-refractivity contribution is 5.56. The molecule has 3 N–H and O–H groups in total. The Hall–Kier alpha value is -3.65. The largest absolute Gasteiger partial charge is 0.457 e. The number of anilines is 2. The molecule has 0 bridgehead atoms. The van der Waals surface area contributed by atoms with Crippen molar-refractivity contribution in [3.8, 4) is 11.5 Å². The van der Waals surface area contributed by atoms with E-state index in [-0.39, 0.29) is 6.04 Å². The van der Waals surface area contributed by atoms with E-state index in [9.17, 15) is 0 Å². The Labute approximate surface area is 199 Å². The average molecular weight is 458 g/mol. The van der Waals surface area contributed by atoms with Crippen molar-refractivity contribution in [2.75, 3.05) is 23.3 Å². The molecule has 34 heavy (non-hydrogen) atoms. The van der Waals surface area contributed by atoms with E-state index in [2.05, 4.69) is 35.2 Å². The Morgan fingerprint density at radius 1 is 1.03 bits per heavy atom. The summed E-state index contributed by atoms with van der Waals surface area (Å²) < 4.78 is 7.79. The molecule has 2 aromatic carbocycles. The van der Waals surface area contributed by atoms with E-state index in [4.69, 9.17) is 20.4 Å². The maximum atomic E-state index is 6.11. The lowest BCUT2D eigenvalue weighted by atomic mass is 10.1. The third-order valence-electron chi connectivity index (χ3n) is 6.16. The van der Waals surface area contributed by atoms with Crippen LogP contribution in [0.1, 0.15) is 43.7 Å². The van der Waals surface area contributed by atoms with Crippen LogP contribution in [-0.2, 0) is 6.54 Å². The lowest BCUT2D eigenvalue weighted by molar-refractivity contribution is 0.482. The monoisotopic (exact) mass is 457 g/mol. The molecule has 0 unspecified atom stereocenters. The minimum atomic E-state index is 0.254. The van der Waals surface area contributed by atoms with Gasteiger partial charge in [0.05, 0.1) is 6.20 Å². The number of para-hydroxylation sites is 1. The fourth-order valence-electron chi connectivity index (χ4n) is 4.17. The van der Waals surface area contributed by atoms with Gasteiger partial charge < -0.3 is 20.7 Å². The van der Waals surface area contributed by atoms with Crippen LogP contribution in [-0.4, -0.2) is 38.7 Å². The molecule has 1 aliphatic heterocycles. The van der Waals surface area contributed by atoms with Gasteiger partial charge in [-0.15, -0.1) is 0 Å². The summed E-state index contributed by atoms with van der Waals surface area (Å²) >= 11 is 0. The lowest BCUT2D eigenvalue weighted by Gasteiger charge is -2.30. The standard InChI is InChI=1S/C26H31N7O/c1-18(2)23-17-29-33-24(23)30-26(32-13-11-20(27)12-14-32)31-25(33)28-16-19-7-6-10-22(15-19)34-21-8-4-3-5-9-21/h3-10,15,17-18,20H,11-14,16,27H2,1-2H3,(H,28,30,31). The molecule has 0 atom stereocenters. The quantitative estimate of drug-likeness (QED) is 0.419. The molecular weight excluding hydrogens is 426 g/mol. The van der Waals surface area contributed by atoms with E-state index in [0.29, 0.717) is 18.4 Å². The molecule has 3 heterocycles. The molecule has 1 saturated heterocycles. The van der Waals surface area contributed by atoms with Crippen LogP contribution in [0.4, 0.5) is 11.9 Å². The highest BCUT2D eigenvalue weighted by Crippen LogP contribution is 2.26. The third kappa shape index (κ3) is 4.82. The number of nitrogens with zero attached hydrogens (tertiary/aromatic N) is 5. The van der Waals surface area contributed by atoms with Crippen molar-refractivity contribution in [2.45, 2.75) is 45.2 Å². The Balaban J connectivity index is 1.40. The number of rotatable bonds is 7. The number of fused-ring (bicyclic) bond motifs is 1. The van der Waals surface area contributed by atoms with E-state index in [1.807, 2.05) is 54.7 Å². The summed E-state index contributed by atoms with van der Waals surface area (Å²) in [5.41, 5.74) is 9.15. The number of ether oxygens (including phenoxy) is 1. The topological polar surface area (TPSA) is 93.6 Å². The van der Waals surface area contributed by atoms with Gasteiger partial charge >= 0.3 is 0 Å². The molecule has 8 nitrogen and oxygen atoms in total. The molecule has 0 amide bonds. The Kier molecular flexibility index (Phi) is 6.31. The third-order valence-corrected chi connectivity index (χ3v) is 6.16. The molecule has 0 aliphatic carbocycles. The highest BCUT2D eigenvalue weighted by Gasteiger charge is 2.22. The Morgan fingerprint density at radius 2 is 1.79 bits per heavy atom. The predicted molar refractivity (Wildman–Crippen MR) is 135 cm³/mol. The van der Waals surface area contributed by atoms with Gasteiger partial charge in [-0.05, 0) is 48.6 Å². The van der Waals surface area contributed by atoms with Crippen LogP contribution in [0.15, 0.2) is 60.8 Å². The minimum absolute atomic E-state index is 0.254. The molecule has 0 radical (unpaired) electrons. The Bertz CT molecular complexity index is 1250. The van der Waals surface area contributed by atoms with E-state index >= 15 is 0 Å². The molecule has 5 rings (SSSR count). The number of nitrogens with one attached hydrogen (secondary N) is 1. The number of hydrogen-bond acceptors (Lipinski definition) is 7. The summed E-state index contributed by atoms with van der Waals surface area (Å²) in [6.07, 6.45) is 3.79. The molecule has 1 fully saturated rings. The van der Waals surface area contributed by atoms with Crippen LogP contribution in [0.5, 0.6) is 11.5 Å². The van der Waals surface area contributed by atoms with Gasteiger partial charge in [0, 0.05) is 31.2 Å². The second-order valence-electron chi connectivity index (χ2n) is 9.08. The molecular formula is C26H31N7O. The second-order valence-corrected chi connectivity index (χ2v) is 9.08. The van der Waals surface area contributed by atoms with Crippen molar-refractivity contribution >= 4 is 17.5 Å². The maximum Gasteiger partial charge on any atom is 0.230 e.